The van der Waals surface area contributed by atoms with Gasteiger partial charge in [-0.1, -0.05) is 11.6 Å². The Hall–Kier alpha value is -2.73. The van der Waals surface area contributed by atoms with Crippen LogP contribution in [-0.2, 0) is 0 Å². The fraction of sp³-hybridized carbons (Fsp3) is 0.389. The molecule has 3 rings (SSSR count). The first kappa shape index (κ1) is 22.9. The van der Waals surface area contributed by atoms with Crippen molar-refractivity contribution < 1.29 is 22.0 Å². The second-order valence-electron chi connectivity index (χ2n) is 7.05. The molecule has 0 fully saturated rings. The van der Waals surface area contributed by atoms with E-state index in [-0.39, 0.29) is 17.3 Å². The number of likely N-dealkylation sites (N-methyl/N-ethyl adjacent to an activating group) is 1. The number of anilines is 2. The summed E-state index contributed by atoms with van der Waals surface area (Å²) in [5.74, 6) is -2.58. The highest BCUT2D eigenvalue weighted by atomic mass is 35.5. The molecule has 3 aromatic rings. The zero-order valence-electron chi connectivity index (χ0n) is 16.7. The van der Waals surface area contributed by atoms with Crippen LogP contribution in [0.15, 0.2) is 18.5 Å². The molecule has 0 spiro atoms. The van der Waals surface area contributed by atoms with Gasteiger partial charge in [-0.3, -0.25) is 0 Å². The van der Waals surface area contributed by atoms with Crippen molar-refractivity contribution in [3.8, 4) is 11.1 Å². The molecule has 1 aromatic carbocycles. The van der Waals surface area contributed by atoms with Gasteiger partial charge >= 0.3 is 6.18 Å². The molecule has 0 amide bonds. The molecule has 7 nitrogen and oxygen atoms in total. The Morgan fingerprint density at radius 3 is 2.39 bits per heavy atom. The van der Waals surface area contributed by atoms with Gasteiger partial charge in [0.15, 0.2) is 0 Å². The second-order valence-corrected chi connectivity index (χ2v) is 7.41. The zero-order chi connectivity index (χ0) is 22.9. The van der Waals surface area contributed by atoms with Crippen molar-refractivity contribution in [2.24, 2.45) is 0 Å². The normalized spacial score (nSPS) is 13.1. The van der Waals surface area contributed by atoms with E-state index >= 15 is 0 Å². The van der Waals surface area contributed by atoms with Crippen molar-refractivity contribution in [2.75, 3.05) is 37.8 Å². The predicted octanol–water partition coefficient (Wildman–Crippen LogP) is 4.06. The number of hydrogen-bond acceptors (Lipinski definition) is 6. The number of fused-ring (bicyclic) bond motifs is 1. The maximum absolute atomic E-state index is 15.0. The lowest BCUT2D eigenvalue weighted by Gasteiger charge is -2.22. The van der Waals surface area contributed by atoms with Crippen molar-refractivity contribution in [3.05, 3.63) is 35.2 Å². The smallest absolute Gasteiger partial charge is 0.384 e. The van der Waals surface area contributed by atoms with Gasteiger partial charge in [0.1, 0.15) is 35.0 Å². The molecule has 0 aliphatic heterocycles. The Morgan fingerprint density at radius 1 is 1.16 bits per heavy atom. The number of nitrogens with one attached hydrogen (secondary N) is 2. The van der Waals surface area contributed by atoms with Gasteiger partial charge in [-0.05, 0) is 33.2 Å². The molecule has 0 radical (unpaired) electrons. The van der Waals surface area contributed by atoms with Crippen LogP contribution in [-0.4, -0.2) is 63.9 Å². The number of rotatable bonds is 7. The Balaban J connectivity index is 2.12. The average molecular weight is 464 g/mol. The maximum Gasteiger partial charge on any atom is 0.408 e. The van der Waals surface area contributed by atoms with Crippen LogP contribution in [0.1, 0.15) is 6.92 Å². The monoisotopic (exact) mass is 463 g/mol. The molecule has 2 heterocycles. The quantitative estimate of drug-likeness (QED) is 0.407. The maximum atomic E-state index is 15.0. The van der Waals surface area contributed by atoms with Gasteiger partial charge in [0.25, 0.3) is 5.78 Å². The minimum absolute atomic E-state index is 0.131. The molecule has 2 aromatic heterocycles. The van der Waals surface area contributed by atoms with Gasteiger partial charge in [0.05, 0.1) is 11.1 Å². The topological polar surface area (TPSA) is 70.4 Å². The van der Waals surface area contributed by atoms with Crippen molar-refractivity contribution >= 4 is 28.9 Å². The van der Waals surface area contributed by atoms with Crippen LogP contribution in [0.3, 0.4) is 0 Å². The summed E-state index contributed by atoms with van der Waals surface area (Å²) in [5, 5.41) is 8.45. The highest BCUT2D eigenvalue weighted by Gasteiger charge is 2.37. The van der Waals surface area contributed by atoms with Gasteiger partial charge in [-0.25, -0.2) is 8.78 Å². The van der Waals surface area contributed by atoms with E-state index in [1.165, 1.54) is 0 Å². The summed E-state index contributed by atoms with van der Waals surface area (Å²) in [6, 6.07) is -0.00462. The third-order valence-corrected chi connectivity index (χ3v) is 4.68. The van der Waals surface area contributed by atoms with Crippen molar-refractivity contribution in [2.45, 2.75) is 19.1 Å². The molecule has 0 aliphatic carbocycles. The van der Waals surface area contributed by atoms with Crippen molar-refractivity contribution in [1.82, 2.24) is 24.5 Å². The minimum atomic E-state index is -4.64. The number of nitrogens with zero attached hydrogens (tertiary/aromatic N) is 5. The highest BCUT2D eigenvalue weighted by Crippen LogP contribution is 2.39. The summed E-state index contributed by atoms with van der Waals surface area (Å²) < 4.78 is 70.3. The third-order valence-electron chi connectivity index (χ3n) is 4.41. The number of aromatic nitrogens is 4. The molecule has 0 aliphatic rings. The summed E-state index contributed by atoms with van der Waals surface area (Å²) in [6.45, 7) is 1.90. The average Bonchev–Trinajstić information content (AvgIpc) is 3.10. The molecular formula is C18H19ClF5N7. The van der Waals surface area contributed by atoms with Crippen LogP contribution >= 0.6 is 11.6 Å². The second kappa shape index (κ2) is 8.79. The molecule has 0 saturated carbocycles. The minimum Gasteiger partial charge on any atom is -0.384 e. The molecule has 0 bridgehead atoms. The van der Waals surface area contributed by atoms with E-state index in [1.807, 2.05) is 19.0 Å². The van der Waals surface area contributed by atoms with Crippen LogP contribution in [0, 0.1) is 11.6 Å². The Morgan fingerprint density at radius 2 is 1.81 bits per heavy atom. The summed E-state index contributed by atoms with van der Waals surface area (Å²) >= 11 is 6.13. The lowest BCUT2D eigenvalue weighted by molar-refractivity contribution is -0.138. The number of alkyl halides is 3. The van der Waals surface area contributed by atoms with Crippen LogP contribution in [0.5, 0.6) is 0 Å². The number of hydrogen-bond donors (Lipinski definition) is 2. The third kappa shape index (κ3) is 4.96. The molecule has 13 heteroatoms. The predicted molar refractivity (Wildman–Crippen MR) is 107 cm³/mol. The Labute approximate surface area is 179 Å². The molecule has 168 valence electrons. The molecule has 0 unspecified atom stereocenters. The molecular weight excluding hydrogens is 445 g/mol. The van der Waals surface area contributed by atoms with E-state index in [2.05, 4.69) is 25.7 Å². The van der Waals surface area contributed by atoms with Crippen LogP contribution in [0.2, 0.25) is 5.15 Å². The SMILES string of the molecule is C[C@H](Nc1c(-c2c(F)cc(NCCN(C)C)cc2F)c(Cl)nc2ncnn12)C(F)(F)F. The van der Waals surface area contributed by atoms with E-state index in [0.29, 0.717) is 13.1 Å². The first-order valence-corrected chi connectivity index (χ1v) is 9.47. The van der Waals surface area contributed by atoms with Gasteiger partial charge in [-0.15, -0.1) is 0 Å². The fourth-order valence-corrected chi connectivity index (χ4v) is 3.06. The van der Waals surface area contributed by atoms with E-state index in [9.17, 15) is 22.0 Å². The van der Waals surface area contributed by atoms with Crippen molar-refractivity contribution in [1.29, 1.82) is 0 Å². The summed E-state index contributed by atoms with van der Waals surface area (Å²) in [4.78, 5) is 9.56. The first-order valence-electron chi connectivity index (χ1n) is 9.09. The van der Waals surface area contributed by atoms with E-state index in [0.717, 1.165) is 29.9 Å². The molecule has 1 atom stereocenters. The fourth-order valence-electron chi connectivity index (χ4n) is 2.80. The van der Waals surface area contributed by atoms with Crippen molar-refractivity contribution in [3.63, 3.8) is 0 Å². The lowest BCUT2D eigenvalue weighted by atomic mass is 10.0. The van der Waals surface area contributed by atoms with Crippen LogP contribution in [0.4, 0.5) is 33.5 Å². The number of benzene rings is 1. The van der Waals surface area contributed by atoms with Gasteiger partial charge in [0.2, 0.25) is 0 Å². The lowest BCUT2D eigenvalue weighted by Crippen LogP contribution is -2.34. The highest BCUT2D eigenvalue weighted by molar-refractivity contribution is 6.33. The Kier molecular flexibility index (Phi) is 6.51. The van der Waals surface area contributed by atoms with E-state index < -0.39 is 40.1 Å². The van der Waals surface area contributed by atoms with E-state index in [4.69, 9.17) is 11.6 Å². The Bertz CT molecular complexity index is 1060. The van der Waals surface area contributed by atoms with Gasteiger partial charge < -0.3 is 15.5 Å². The van der Waals surface area contributed by atoms with Crippen LogP contribution < -0.4 is 10.6 Å². The number of halogens is 6. The summed E-state index contributed by atoms with van der Waals surface area (Å²) in [6.07, 6.45) is -3.60. The summed E-state index contributed by atoms with van der Waals surface area (Å²) in [5.41, 5.74) is -0.861. The standard InChI is InChI=1S/C18H19ClF5N7/c1-9(18(22,23)24)28-16-14(15(19)29-17-26-8-27-31(16)17)13-11(20)6-10(7-12(13)21)25-4-5-30(2)3/h6-9,25,28H,4-5H2,1-3H3/t9-/m0/s1. The zero-order valence-corrected chi connectivity index (χ0v) is 17.5. The van der Waals surface area contributed by atoms with Crippen LogP contribution in [0.25, 0.3) is 16.9 Å². The first-order chi connectivity index (χ1) is 14.5. The van der Waals surface area contributed by atoms with Gasteiger partial charge in [0, 0.05) is 18.8 Å². The molecule has 31 heavy (non-hydrogen) atoms. The molecule has 2 N–H and O–H groups in total. The van der Waals surface area contributed by atoms with Gasteiger partial charge in [-0.2, -0.15) is 32.8 Å². The largest absolute Gasteiger partial charge is 0.408 e. The molecule has 0 saturated heterocycles. The summed E-state index contributed by atoms with van der Waals surface area (Å²) in [7, 11) is 3.69. The van der Waals surface area contributed by atoms with E-state index in [1.54, 1.807) is 0 Å².